The summed E-state index contributed by atoms with van der Waals surface area (Å²) in [5.41, 5.74) is 1.93. The minimum atomic E-state index is -0.493. The number of esters is 1. The number of hydrogen-bond donors (Lipinski definition) is 1. The minimum absolute atomic E-state index is 0.302. The lowest BCUT2D eigenvalue weighted by Crippen LogP contribution is -2.29. The summed E-state index contributed by atoms with van der Waals surface area (Å²) >= 11 is 1.64. The number of ether oxygens (including phenoxy) is 2. The second-order valence-corrected chi connectivity index (χ2v) is 5.79. The zero-order valence-electron chi connectivity index (χ0n) is 13.5. The Balaban J connectivity index is 2.14. The van der Waals surface area contributed by atoms with Gasteiger partial charge < -0.3 is 9.47 Å². The third-order valence-electron chi connectivity index (χ3n) is 3.53. The van der Waals surface area contributed by atoms with Crippen molar-refractivity contribution in [2.75, 3.05) is 20.5 Å². The highest BCUT2D eigenvalue weighted by atomic mass is 32.2. The van der Waals surface area contributed by atoms with Gasteiger partial charge in [-0.2, -0.15) is 0 Å². The summed E-state index contributed by atoms with van der Waals surface area (Å²) in [6, 6.07) is 15.1. The zero-order chi connectivity index (χ0) is 16.7. The molecule has 1 atom stereocenters. The fraction of sp³-hybridized carbons (Fsp3) is 0.278. The van der Waals surface area contributed by atoms with Crippen molar-refractivity contribution in [1.29, 1.82) is 0 Å². The molecule has 1 unspecified atom stereocenters. The Labute approximate surface area is 141 Å². The predicted molar refractivity (Wildman–Crippen MR) is 92.8 cm³/mol. The van der Waals surface area contributed by atoms with Gasteiger partial charge in [-0.3, -0.25) is 5.32 Å². The van der Waals surface area contributed by atoms with Crippen molar-refractivity contribution in [3.05, 3.63) is 59.7 Å². The third kappa shape index (κ3) is 4.50. The molecule has 0 aliphatic rings. The number of rotatable bonds is 7. The van der Waals surface area contributed by atoms with Crippen molar-refractivity contribution < 1.29 is 14.3 Å². The van der Waals surface area contributed by atoms with Crippen LogP contribution in [0, 0.1) is 0 Å². The lowest BCUT2D eigenvalue weighted by atomic mass is 10.1. The number of nitrogens with one attached hydrogen (secondary N) is 1. The number of benzene rings is 2. The van der Waals surface area contributed by atoms with E-state index in [1.807, 2.05) is 54.8 Å². The molecule has 4 nitrogen and oxygen atoms in total. The first-order chi connectivity index (χ1) is 11.2. The van der Waals surface area contributed by atoms with Gasteiger partial charge in [-0.15, -0.1) is 11.8 Å². The quantitative estimate of drug-likeness (QED) is 0.622. The molecule has 0 aliphatic heterocycles. The number of carbonyl (C=O) groups is 1. The van der Waals surface area contributed by atoms with Gasteiger partial charge in [0.2, 0.25) is 0 Å². The van der Waals surface area contributed by atoms with Gasteiger partial charge in [0.15, 0.2) is 0 Å². The highest BCUT2D eigenvalue weighted by Gasteiger charge is 2.20. The van der Waals surface area contributed by atoms with Crippen LogP contribution >= 0.6 is 11.8 Å². The van der Waals surface area contributed by atoms with E-state index in [1.165, 1.54) is 7.11 Å². The van der Waals surface area contributed by atoms with Crippen LogP contribution in [0.1, 0.15) is 17.2 Å². The summed E-state index contributed by atoms with van der Waals surface area (Å²) in [4.78, 5) is 13.1. The van der Waals surface area contributed by atoms with Crippen molar-refractivity contribution >= 4 is 17.7 Å². The Kier molecular flexibility index (Phi) is 6.50. The Morgan fingerprint density at radius 2 is 1.91 bits per heavy atom. The van der Waals surface area contributed by atoms with Crippen LogP contribution in [-0.2, 0) is 16.1 Å². The molecule has 0 aromatic heterocycles. The van der Waals surface area contributed by atoms with E-state index in [2.05, 4.69) is 5.32 Å². The Bertz CT molecular complexity index is 646. The van der Waals surface area contributed by atoms with Crippen LogP contribution in [0.5, 0.6) is 5.75 Å². The van der Waals surface area contributed by atoms with Crippen LogP contribution < -0.4 is 10.1 Å². The van der Waals surface area contributed by atoms with E-state index < -0.39 is 6.04 Å². The monoisotopic (exact) mass is 331 g/mol. The molecule has 0 radical (unpaired) electrons. The molecule has 0 saturated heterocycles. The van der Waals surface area contributed by atoms with Gasteiger partial charge in [0.25, 0.3) is 0 Å². The van der Waals surface area contributed by atoms with E-state index in [0.29, 0.717) is 6.54 Å². The average molecular weight is 331 g/mol. The highest BCUT2D eigenvalue weighted by molar-refractivity contribution is 7.98. The third-order valence-corrected chi connectivity index (χ3v) is 4.31. The molecular weight excluding hydrogens is 310 g/mol. The second-order valence-electron chi connectivity index (χ2n) is 4.94. The molecule has 0 saturated carbocycles. The number of carbonyl (C=O) groups excluding carboxylic acids is 1. The highest BCUT2D eigenvalue weighted by Crippen LogP contribution is 2.28. The van der Waals surface area contributed by atoms with E-state index in [9.17, 15) is 4.79 Å². The first-order valence-electron chi connectivity index (χ1n) is 7.26. The van der Waals surface area contributed by atoms with Crippen LogP contribution in [0.3, 0.4) is 0 Å². The molecule has 5 heteroatoms. The van der Waals surface area contributed by atoms with Crippen LogP contribution in [0.25, 0.3) is 0 Å². The fourth-order valence-corrected chi connectivity index (χ4v) is 2.86. The van der Waals surface area contributed by atoms with Crippen LogP contribution in [0.15, 0.2) is 53.4 Å². The molecule has 0 spiro atoms. The second kappa shape index (κ2) is 8.60. The summed E-state index contributed by atoms with van der Waals surface area (Å²) in [5.74, 6) is 0.537. The summed E-state index contributed by atoms with van der Waals surface area (Å²) in [6.45, 7) is 0.541. The van der Waals surface area contributed by atoms with Crippen LogP contribution in [-0.4, -0.2) is 26.4 Å². The van der Waals surface area contributed by atoms with Gasteiger partial charge in [0.1, 0.15) is 11.8 Å². The van der Waals surface area contributed by atoms with Crippen molar-refractivity contribution in [2.24, 2.45) is 0 Å². The van der Waals surface area contributed by atoms with Gasteiger partial charge in [-0.1, -0.05) is 36.4 Å². The molecular formula is C18H21NO3S. The smallest absolute Gasteiger partial charge is 0.327 e. The number of thioether (sulfide) groups is 1. The van der Waals surface area contributed by atoms with Gasteiger partial charge in [-0.25, -0.2) is 4.79 Å². The first-order valence-corrected chi connectivity index (χ1v) is 8.49. The molecule has 122 valence electrons. The lowest BCUT2D eigenvalue weighted by molar-refractivity contribution is -0.143. The molecule has 2 aromatic carbocycles. The first kappa shape index (κ1) is 17.4. The molecule has 23 heavy (non-hydrogen) atoms. The van der Waals surface area contributed by atoms with Gasteiger partial charge >= 0.3 is 5.97 Å². The maximum Gasteiger partial charge on any atom is 0.327 e. The van der Waals surface area contributed by atoms with Crippen molar-refractivity contribution in [3.63, 3.8) is 0 Å². The zero-order valence-corrected chi connectivity index (χ0v) is 14.4. The summed E-state index contributed by atoms with van der Waals surface area (Å²) < 4.78 is 10.3. The standard InChI is InChI=1S/C18H21NO3S/c1-21-15-11-13(9-10-16(15)23-3)12-19-17(18(20)22-2)14-7-5-4-6-8-14/h4-11,17,19H,12H2,1-3H3. The van der Waals surface area contributed by atoms with Gasteiger partial charge in [0, 0.05) is 11.4 Å². The predicted octanol–water partition coefficient (Wildman–Crippen LogP) is 3.42. The van der Waals surface area contributed by atoms with Crippen LogP contribution in [0.4, 0.5) is 0 Å². The summed E-state index contributed by atoms with van der Waals surface area (Å²) in [7, 11) is 3.06. The topological polar surface area (TPSA) is 47.6 Å². The van der Waals surface area contributed by atoms with E-state index >= 15 is 0 Å². The summed E-state index contributed by atoms with van der Waals surface area (Å²) in [6.07, 6.45) is 2.01. The van der Waals surface area contributed by atoms with Crippen molar-refractivity contribution in [1.82, 2.24) is 5.32 Å². The van der Waals surface area contributed by atoms with E-state index in [1.54, 1.807) is 18.9 Å². The Morgan fingerprint density at radius 3 is 2.52 bits per heavy atom. The van der Waals surface area contributed by atoms with Crippen LogP contribution in [0.2, 0.25) is 0 Å². The van der Waals surface area contributed by atoms with Gasteiger partial charge in [0.05, 0.1) is 14.2 Å². The SMILES string of the molecule is COC(=O)C(NCc1ccc(SC)c(OC)c1)c1ccccc1. The number of hydrogen-bond acceptors (Lipinski definition) is 5. The Morgan fingerprint density at radius 1 is 1.17 bits per heavy atom. The number of methoxy groups -OCH3 is 2. The fourth-order valence-electron chi connectivity index (χ4n) is 2.31. The molecule has 0 heterocycles. The molecule has 0 amide bonds. The average Bonchev–Trinajstić information content (AvgIpc) is 2.62. The molecule has 0 fully saturated rings. The minimum Gasteiger partial charge on any atom is -0.496 e. The normalized spacial score (nSPS) is 11.8. The molecule has 0 aliphatic carbocycles. The van der Waals surface area contributed by atoms with Crippen molar-refractivity contribution in [3.8, 4) is 5.75 Å². The molecule has 2 aromatic rings. The van der Waals surface area contributed by atoms with E-state index in [4.69, 9.17) is 9.47 Å². The maximum atomic E-state index is 12.0. The van der Waals surface area contributed by atoms with Crippen molar-refractivity contribution in [2.45, 2.75) is 17.5 Å². The van der Waals surface area contributed by atoms with E-state index in [-0.39, 0.29) is 5.97 Å². The Hall–Kier alpha value is -1.98. The molecule has 0 bridgehead atoms. The summed E-state index contributed by atoms with van der Waals surface area (Å²) in [5, 5.41) is 3.25. The molecule has 1 N–H and O–H groups in total. The lowest BCUT2D eigenvalue weighted by Gasteiger charge is -2.17. The largest absolute Gasteiger partial charge is 0.496 e. The van der Waals surface area contributed by atoms with E-state index in [0.717, 1.165) is 21.8 Å². The van der Waals surface area contributed by atoms with Gasteiger partial charge in [-0.05, 0) is 29.5 Å². The maximum absolute atomic E-state index is 12.0. The molecule has 2 rings (SSSR count).